The Hall–Kier alpha value is -1.39. The number of aliphatic hydroxyl groups excluding tert-OH is 1. The minimum absolute atomic E-state index is 0.0707. The number of aliphatic hydroxyl groups is 1. The summed E-state index contributed by atoms with van der Waals surface area (Å²) in [7, 11) is 0. The maximum Gasteiger partial charge on any atom is 0.234 e. The van der Waals surface area contributed by atoms with Crippen molar-refractivity contribution in [2.75, 3.05) is 26.2 Å². The number of hydrogen-bond acceptors (Lipinski definition) is 3. The van der Waals surface area contributed by atoms with Gasteiger partial charge in [0.05, 0.1) is 12.6 Å². The average molecular weight is 290 g/mol. The van der Waals surface area contributed by atoms with Gasteiger partial charge in [-0.15, -0.1) is 0 Å². The van der Waals surface area contributed by atoms with Crippen molar-refractivity contribution in [2.24, 2.45) is 5.92 Å². The number of amides is 1. The van der Waals surface area contributed by atoms with Crippen LogP contribution < -0.4 is 5.32 Å². The van der Waals surface area contributed by atoms with Crippen LogP contribution in [0.2, 0.25) is 0 Å². The number of likely N-dealkylation sites (tertiary alicyclic amines) is 1. The third-order valence-electron chi connectivity index (χ3n) is 4.29. The molecule has 1 heterocycles. The molecule has 4 heteroatoms. The number of benzene rings is 1. The first-order valence-electron chi connectivity index (χ1n) is 7.78. The second-order valence-electron chi connectivity index (χ2n) is 6.18. The van der Waals surface area contributed by atoms with Gasteiger partial charge >= 0.3 is 0 Å². The summed E-state index contributed by atoms with van der Waals surface area (Å²) in [5.74, 6) is 0.633. The molecule has 0 bridgehead atoms. The SMILES string of the molecule is CC(CNC(=O)CN1CCC(O)C(C)C1)c1ccccc1. The summed E-state index contributed by atoms with van der Waals surface area (Å²) in [4.78, 5) is 14.1. The molecule has 0 aliphatic carbocycles. The minimum Gasteiger partial charge on any atom is -0.393 e. The van der Waals surface area contributed by atoms with Gasteiger partial charge in [-0.1, -0.05) is 44.2 Å². The van der Waals surface area contributed by atoms with E-state index in [2.05, 4.69) is 29.3 Å². The number of nitrogens with zero attached hydrogens (tertiary/aromatic N) is 1. The molecule has 1 amide bonds. The number of nitrogens with one attached hydrogen (secondary N) is 1. The van der Waals surface area contributed by atoms with Crippen LogP contribution in [0.15, 0.2) is 30.3 Å². The van der Waals surface area contributed by atoms with Crippen molar-refractivity contribution in [1.82, 2.24) is 10.2 Å². The first kappa shape index (κ1) is 16.0. The molecule has 1 saturated heterocycles. The summed E-state index contributed by atoms with van der Waals surface area (Å²) >= 11 is 0. The Labute approximate surface area is 127 Å². The number of rotatable bonds is 5. The van der Waals surface area contributed by atoms with Crippen molar-refractivity contribution in [3.05, 3.63) is 35.9 Å². The zero-order valence-corrected chi connectivity index (χ0v) is 13.0. The van der Waals surface area contributed by atoms with Crippen molar-refractivity contribution in [1.29, 1.82) is 0 Å². The van der Waals surface area contributed by atoms with Crippen LogP contribution in [0.25, 0.3) is 0 Å². The molecule has 21 heavy (non-hydrogen) atoms. The first-order chi connectivity index (χ1) is 10.1. The second-order valence-corrected chi connectivity index (χ2v) is 6.18. The summed E-state index contributed by atoms with van der Waals surface area (Å²) in [5, 5.41) is 12.7. The van der Waals surface area contributed by atoms with Crippen LogP contribution in [-0.2, 0) is 4.79 Å². The minimum atomic E-state index is -0.220. The highest BCUT2D eigenvalue weighted by Crippen LogP contribution is 2.16. The van der Waals surface area contributed by atoms with Gasteiger partial charge in [-0.05, 0) is 23.8 Å². The lowest BCUT2D eigenvalue weighted by atomic mass is 9.97. The lowest BCUT2D eigenvalue weighted by molar-refractivity contribution is -0.123. The van der Waals surface area contributed by atoms with Crippen LogP contribution in [-0.4, -0.2) is 48.2 Å². The van der Waals surface area contributed by atoms with Crippen LogP contribution in [0, 0.1) is 5.92 Å². The number of piperidine rings is 1. The molecule has 3 atom stereocenters. The summed E-state index contributed by atoms with van der Waals surface area (Å²) in [6, 6.07) is 10.2. The summed E-state index contributed by atoms with van der Waals surface area (Å²) in [6.45, 7) is 6.84. The van der Waals surface area contributed by atoms with E-state index < -0.39 is 0 Å². The molecular formula is C17H26N2O2. The van der Waals surface area contributed by atoms with Gasteiger partial charge in [0.25, 0.3) is 0 Å². The third kappa shape index (κ3) is 4.83. The highest BCUT2D eigenvalue weighted by Gasteiger charge is 2.25. The fourth-order valence-corrected chi connectivity index (χ4v) is 2.79. The molecule has 0 radical (unpaired) electrons. The highest BCUT2D eigenvalue weighted by atomic mass is 16.3. The van der Waals surface area contributed by atoms with Gasteiger partial charge in [0, 0.05) is 19.6 Å². The van der Waals surface area contributed by atoms with Gasteiger partial charge in [-0.3, -0.25) is 9.69 Å². The van der Waals surface area contributed by atoms with E-state index in [1.807, 2.05) is 25.1 Å². The van der Waals surface area contributed by atoms with E-state index in [9.17, 15) is 9.90 Å². The van der Waals surface area contributed by atoms with E-state index >= 15 is 0 Å². The fraction of sp³-hybridized carbons (Fsp3) is 0.588. The van der Waals surface area contributed by atoms with Gasteiger partial charge in [0.2, 0.25) is 5.91 Å². The maximum atomic E-state index is 12.0. The number of carbonyl (C=O) groups is 1. The molecular weight excluding hydrogens is 264 g/mol. The van der Waals surface area contributed by atoms with E-state index in [1.54, 1.807) is 0 Å². The van der Waals surface area contributed by atoms with E-state index in [0.717, 1.165) is 19.5 Å². The Bertz CT molecular complexity index is 449. The molecule has 1 aliphatic rings. The molecule has 1 aromatic carbocycles. The molecule has 0 aromatic heterocycles. The Morgan fingerprint density at radius 3 is 2.81 bits per heavy atom. The van der Waals surface area contributed by atoms with Crippen molar-refractivity contribution in [3.63, 3.8) is 0 Å². The van der Waals surface area contributed by atoms with Gasteiger partial charge in [0.1, 0.15) is 0 Å². The van der Waals surface area contributed by atoms with Gasteiger partial charge in [-0.2, -0.15) is 0 Å². The van der Waals surface area contributed by atoms with Crippen molar-refractivity contribution >= 4 is 5.91 Å². The summed E-state index contributed by atoms with van der Waals surface area (Å²) in [5.41, 5.74) is 1.24. The lowest BCUT2D eigenvalue weighted by Crippen LogP contribution is -2.46. The molecule has 2 N–H and O–H groups in total. The average Bonchev–Trinajstić information content (AvgIpc) is 2.49. The zero-order valence-electron chi connectivity index (χ0n) is 13.0. The van der Waals surface area contributed by atoms with E-state index in [-0.39, 0.29) is 17.9 Å². The Kier molecular flexibility index (Phi) is 5.76. The van der Waals surface area contributed by atoms with Crippen LogP contribution in [0.4, 0.5) is 0 Å². The molecule has 4 nitrogen and oxygen atoms in total. The Morgan fingerprint density at radius 2 is 2.14 bits per heavy atom. The Morgan fingerprint density at radius 1 is 1.43 bits per heavy atom. The fourth-order valence-electron chi connectivity index (χ4n) is 2.79. The van der Waals surface area contributed by atoms with Gasteiger partial charge in [-0.25, -0.2) is 0 Å². The monoisotopic (exact) mass is 290 g/mol. The van der Waals surface area contributed by atoms with Crippen molar-refractivity contribution < 1.29 is 9.90 Å². The van der Waals surface area contributed by atoms with Crippen LogP contribution >= 0.6 is 0 Å². The topological polar surface area (TPSA) is 52.6 Å². The van der Waals surface area contributed by atoms with E-state index in [1.165, 1.54) is 5.56 Å². The quantitative estimate of drug-likeness (QED) is 0.866. The summed E-state index contributed by atoms with van der Waals surface area (Å²) < 4.78 is 0. The predicted molar refractivity (Wildman–Crippen MR) is 84.1 cm³/mol. The molecule has 0 saturated carbocycles. The number of carbonyl (C=O) groups excluding carboxylic acids is 1. The molecule has 3 unspecified atom stereocenters. The predicted octanol–water partition coefficient (Wildman–Crippen LogP) is 1.61. The molecule has 0 spiro atoms. The zero-order chi connectivity index (χ0) is 15.2. The molecule has 2 rings (SSSR count). The first-order valence-corrected chi connectivity index (χ1v) is 7.78. The van der Waals surface area contributed by atoms with Crippen molar-refractivity contribution in [2.45, 2.75) is 32.3 Å². The van der Waals surface area contributed by atoms with Crippen LogP contribution in [0.5, 0.6) is 0 Å². The molecule has 116 valence electrons. The third-order valence-corrected chi connectivity index (χ3v) is 4.29. The normalized spacial score (nSPS) is 24.5. The summed E-state index contributed by atoms with van der Waals surface area (Å²) in [6.07, 6.45) is 0.539. The molecule has 1 aliphatic heterocycles. The smallest absolute Gasteiger partial charge is 0.234 e. The second kappa shape index (κ2) is 7.57. The standard InChI is InChI=1S/C17H26N2O2/c1-13(15-6-4-3-5-7-15)10-18-17(21)12-19-9-8-16(20)14(2)11-19/h3-7,13-14,16,20H,8-12H2,1-2H3,(H,18,21). The molecule has 1 aromatic rings. The van der Waals surface area contributed by atoms with E-state index in [4.69, 9.17) is 0 Å². The highest BCUT2D eigenvalue weighted by molar-refractivity contribution is 5.78. The maximum absolute atomic E-state index is 12.0. The van der Waals surface area contributed by atoms with Gasteiger partial charge < -0.3 is 10.4 Å². The van der Waals surface area contributed by atoms with Gasteiger partial charge in [0.15, 0.2) is 0 Å². The van der Waals surface area contributed by atoms with Crippen molar-refractivity contribution in [3.8, 4) is 0 Å². The number of hydrogen-bond donors (Lipinski definition) is 2. The molecule has 1 fully saturated rings. The van der Waals surface area contributed by atoms with Crippen LogP contribution in [0.3, 0.4) is 0 Å². The van der Waals surface area contributed by atoms with Crippen LogP contribution in [0.1, 0.15) is 31.7 Å². The lowest BCUT2D eigenvalue weighted by Gasteiger charge is -2.33. The Balaban J connectivity index is 1.73. The largest absolute Gasteiger partial charge is 0.393 e. The van der Waals surface area contributed by atoms with E-state index in [0.29, 0.717) is 19.0 Å².